The molecule has 150 valence electrons. The molecular weight excluding hydrogens is 459 g/mol. The molecule has 2 heterocycles. The van der Waals surface area contributed by atoms with Gasteiger partial charge in [0, 0.05) is 42.0 Å². The fourth-order valence-corrected chi connectivity index (χ4v) is 3.96. The van der Waals surface area contributed by atoms with Crippen molar-refractivity contribution in [2.45, 2.75) is 52.1 Å². The molecular formula is C19H35IN4OS. The summed E-state index contributed by atoms with van der Waals surface area (Å²) in [4.78, 5) is 8.72. The quantitative estimate of drug-likeness (QED) is 0.347. The number of rotatable bonds is 7. The maximum atomic E-state index is 5.54. The van der Waals surface area contributed by atoms with E-state index in [1.54, 1.807) is 11.3 Å². The van der Waals surface area contributed by atoms with Gasteiger partial charge in [-0.2, -0.15) is 0 Å². The maximum Gasteiger partial charge on any atom is 0.191 e. The summed E-state index contributed by atoms with van der Waals surface area (Å²) in [5.41, 5.74) is 0.0564. The summed E-state index contributed by atoms with van der Waals surface area (Å²) in [6.07, 6.45) is 0. The van der Waals surface area contributed by atoms with Gasteiger partial charge in [0.1, 0.15) is 0 Å². The van der Waals surface area contributed by atoms with Crippen LogP contribution >= 0.6 is 35.3 Å². The molecule has 0 aliphatic carbocycles. The number of nitrogens with zero attached hydrogens (tertiary/aromatic N) is 2. The van der Waals surface area contributed by atoms with Crippen molar-refractivity contribution in [3.8, 4) is 0 Å². The van der Waals surface area contributed by atoms with E-state index in [4.69, 9.17) is 9.73 Å². The number of halogens is 1. The fourth-order valence-electron chi connectivity index (χ4n) is 3.12. The summed E-state index contributed by atoms with van der Waals surface area (Å²) in [6.45, 7) is 16.3. The second-order valence-electron chi connectivity index (χ2n) is 7.45. The standard InChI is InChI=1S/C19H34N4OS.HI/c1-6-20-18(22-14-19(4,5)17-8-7-11-25-17)21-12-15(2)23-9-10-24-13-16(23)3;/h7-8,11,15-16H,6,9-10,12-14H2,1-5H3,(H2,20,21,22);1H. The van der Waals surface area contributed by atoms with Gasteiger partial charge in [-0.25, -0.2) is 0 Å². The zero-order chi connectivity index (χ0) is 18.3. The average molecular weight is 494 g/mol. The number of thiophene rings is 1. The summed E-state index contributed by atoms with van der Waals surface area (Å²) in [7, 11) is 0. The highest BCUT2D eigenvalue weighted by Gasteiger charge is 2.24. The molecule has 1 aliphatic rings. The summed E-state index contributed by atoms with van der Waals surface area (Å²) in [6, 6.07) is 5.23. The van der Waals surface area contributed by atoms with E-state index in [0.717, 1.165) is 45.4 Å². The van der Waals surface area contributed by atoms with Crippen molar-refractivity contribution in [2.24, 2.45) is 4.99 Å². The molecule has 0 aromatic carbocycles. The number of guanidine groups is 1. The number of ether oxygens (including phenoxy) is 1. The third-order valence-electron chi connectivity index (χ3n) is 4.71. The summed E-state index contributed by atoms with van der Waals surface area (Å²) >= 11 is 1.80. The van der Waals surface area contributed by atoms with Crippen molar-refractivity contribution in [3.05, 3.63) is 22.4 Å². The Hall–Kier alpha value is -0.380. The molecule has 1 fully saturated rings. The number of hydrogen-bond donors (Lipinski definition) is 2. The molecule has 26 heavy (non-hydrogen) atoms. The first kappa shape index (κ1) is 23.7. The highest BCUT2D eigenvalue weighted by Crippen LogP contribution is 2.27. The topological polar surface area (TPSA) is 48.9 Å². The van der Waals surface area contributed by atoms with Crippen LogP contribution in [0.4, 0.5) is 0 Å². The number of nitrogens with one attached hydrogen (secondary N) is 2. The van der Waals surface area contributed by atoms with Gasteiger partial charge in [-0.3, -0.25) is 9.89 Å². The summed E-state index contributed by atoms with van der Waals surface area (Å²) in [5, 5.41) is 9.02. The Balaban J connectivity index is 0.00000338. The Kier molecular flexibility index (Phi) is 10.4. The molecule has 2 rings (SSSR count). The maximum absolute atomic E-state index is 5.54. The Morgan fingerprint density at radius 3 is 2.85 bits per heavy atom. The lowest BCUT2D eigenvalue weighted by Crippen LogP contribution is -2.53. The first-order chi connectivity index (χ1) is 11.9. The first-order valence-corrected chi connectivity index (χ1v) is 10.2. The van der Waals surface area contributed by atoms with Gasteiger partial charge in [-0.15, -0.1) is 35.3 Å². The molecule has 5 nitrogen and oxygen atoms in total. The van der Waals surface area contributed by atoms with E-state index in [1.807, 2.05) is 0 Å². The van der Waals surface area contributed by atoms with Crippen molar-refractivity contribution < 1.29 is 4.74 Å². The zero-order valence-electron chi connectivity index (χ0n) is 16.7. The zero-order valence-corrected chi connectivity index (χ0v) is 19.9. The molecule has 0 spiro atoms. The van der Waals surface area contributed by atoms with Crippen molar-refractivity contribution in [1.82, 2.24) is 15.5 Å². The van der Waals surface area contributed by atoms with Crippen molar-refractivity contribution in [1.29, 1.82) is 0 Å². The Bertz CT molecular complexity index is 536. The van der Waals surface area contributed by atoms with Crippen LogP contribution in [0.3, 0.4) is 0 Å². The second kappa shape index (κ2) is 11.5. The predicted octanol–water partition coefficient (Wildman–Crippen LogP) is 3.31. The predicted molar refractivity (Wildman–Crippen MR) is 123 cm³/mol. The number of aliphatic imine (C=N–C) groups is 1. The molecule has 1 saturated heterocycles. The molecule has 7 heteroatoms. The van der Waals surface area contributed by atoms with Gasteiger partial charge in [0.25, 0.3) is 0 Å². The fraction of sp³-hybridized carbons (Fsp3) is 0.737. The molecule has 1 aromatic rings. The van der Waals surface area contributed by atoms with E-state index in [2.05, 4.69) is 67.7 Å². The minimum atomic E-state index is 0. The highest BCUT2D eigenvalue weighted by molar-refractivity contribution is 14.0. The summed E-state index contributed by atoms with van der Waals surface area (Å²) < 4.78 is 5.54. The molecule has 0 saturated carbocycles. The van der Waals surface area contributed by atoms with Gasteiger partial charge in [0.05, 0.1) is 19.8 Å². The van der Waals surface area contributed by atoms with E-state index in [0.29, 0.717) is 12.1 Å². The van der Waals surface area contributed by atoms with Crippen LogP contribution in [-0.4, -0.2) is 62.3 Å². The van der Waals surface area contributed by atoms with Crippen LogP contribution in [0, 0.1) is 0 Å². The van der Waals surface area contributed by atoms with Crippen LogP contribution in [-0.2, 0) is 10.2 Å². The number of morpholine rings is 1. The molecule has 2 atom stereocenters. The highest BCUT2D eigenvalue weighted by atomic mass is 127. The van der Waals surface area contributed by atoms with Gasteiger partial charge in [-0.1, -0.05) is 19.9 Å². The lowest BCUT2D eigenvalue weighted by molar-refractivity contribution is -0.0174. The minimum Gasteiger partial charge on any atom is -0.379 e. The lowest BCUT2D eigenvalue weighted by atomic mass is 9.92. The normalized spacial score (nSPS) is 20.3. The van der Waals surface area contributed by atoms with E-state index in [-0.39, 0.29) is 29.4 Å². The first-order valence-electron chi connectivity index (χ1n) is 9.33. The molecule has 0 amide bonds. The molecule has 1 aromatic heterocycles. The lowest BCUT2D eigenvalue weighted by Gasteiger charge is -2.38. The monoisotopic (exact) mass is 494 g/mol. The third kappa shape index (κ3) is 6.98. The van der Waals surface area contributed by atoms with Crippen LogP contribution in [0.15, 0.2) is 22.5 Å². The van der Waals surface area contributed by atoms with Crippen molar-refractivity contribution in [3.63, 3.8) is 0 Å². The SMILES string of the molecule is CCNC(=NCC(C)(C)c1cccs1)NCC(C)N1CCOCC1C.I. The molecule has 0 bridgehead atoms. The van der Waals surface area contributed by atoms with Gasteiger partial charge in [-0.05, 0) is 32.2 Å². The molecule has 0 radical (unpaired) electrons. The average Bonchev–Trinajstić information content (AvgIpc) is 3.13. The van der Waals surface area contributed by atoms with Crippen LogP contribution in [0.25, 0.3) is 0 Å². The van der Waals surface area contributed by atoms with Crippen molar-refractivity contribution >= 4 is 41.3 Å². The Labute approximate surface area is 180 Å². The van der Waals surface area contributed by atoms with E-state index >= 15 is 0 Å². The Morgan fingerprint density at radius 2 is 2.23 bits per heavy atom. The second-order valence-corrected chi connectivity index (χ2v) is 8.40. The van der Waals surface area contributed by atoms with E-state index < -0.39 is 0 Å². The van der Waals surface area contributed by atoms with Crippen LogP contribution in [0.2, 0.25) is 0 Å². The van der Waals surface area contributed by atoms with Crippen LogP contribution < -0.4 is 10.6 Å². The van der Waals surface area contributed by atoms with Gasteiger partial charge in [0.15, 0.2) is 5.96 Å². The third-order valence-corrected chi connectivity index (χ3v) is 5.95. The van der Waals surface area contributed by atoms with Gasteiger partial charge < -0.3 is 15.4 Å². The van der Waals surface area contributed by atoms with Crippen molar-refractivity contribution in [2.75, 3.05) is 39.4 Å². The molecule has 2 N–H and O–H groups in total. The van der Waals surface area contributed by atoms with Crippen LogP contribution in [0.1, 0.15) is 39.5 Å². The smallest absolute Gasteiger partial charge is 0.191 e. The van der Waals surface area contributed by atoms with Gasteiger partial charge in [0.2, 0.25) is 0 Å². The Morgan fingerprint density at radius 1 is 1.46 bits per heavy atom. The number of hydrogen-bond acceptors (Lipinski definition) is 4. The van der Waals surface area contributed by atoms with E-state index in [9.17, 15) is 0 Å². The molecule has 1 aliphatic heterocycles. The largest absolute Gasteiger partial charge is 0.379 e. The molecule has 2 unspecified atom stereocenters. The minimum absolute atomic E-state index is 0. The van der Waals surface area contributed by atoms with E-state index in [1.165, 1.54) is 4.88 Å². The van der Waals surface area contributed by atoms with Gasteiger partial charge >= 0.3 is 0 Å². The summed E-state index contributed by atoms with van der Waals surface area (Å²) in [5.74, 6) is 0.903. The van der Waals surface area contributed by atoms with Crippen LogP contribution in [0.5, 0.6) is 0 Å².